The maximum Gasteiger partial charge on any atom is 0.124 e. The van der Waals surface area contributed by atoms with E-state index in [-0.39, 0.29) is 17.7 Å². The molecule has 0 aromatic heterocycles. The number of benzene rings is 2. The van der Waals surface area contributed by atoms with Crippen molar-refractivity contribution in [2.45, 2.75) is 13.0 Å². The molecule has 0 aliphatic rings. The first-order valence-electron chi connectivity index (χ1n) is 5.64. The zero-order valence-electron chi connectivity index (χ0n) is 10.1. The zero-order chi connectivity index (χ0) is 14.0. The number of nitrogens with one attached hydrogen (secondary N) is 1. The Balaban J connectivity index is 2.23. The van der Waals surface area contributed by atoms with Crippen molar-refractivity contribution in [3.05, 3.63) is 63.1 Å². The molecule has 0 amide bonds. The molecule has 2 aromatic carbocycles. The van der Waals surface area contributed by atoms with Crippen LogP contribution in [-0.2, 0) is 0 Å². The van der Waals surface area contributed by atoms with Gasteiger partial charge in [-0.1, -0.05) is 17.7 Å². The molecule has 1 N–H and O–H groups in total. The lowest BCUT2D eigenvalue weighted by Crippen LogP contribution is -2.08. The summed E-state index contributed by atoms with van der Waals surface area (Å²) in [7, 11) is 0. The molecule has 0 saturated heterocycles. The van der Waals surface area contributed by atoms with E-state index in [4.69, 9.17) is 11.6 Å². The van der Waals surface area contributed by atoms with Crippen LogP contribution in [-0.4, -0.2) is 0 Å². The summed E-state index contributed by atoms with van der Waals surface area (Å²) in [6, 6.07) is 8.51. The Morgan fingerprint density at radius 3 is 2.37 bits per heavy atom. The molecule has 0 aliphatic carbocycles. The molecule has 0 radical (unpaired) electrons. The predicted octanol–water partition coefficient (Wildman–Crippen LogP) is 5.55. The van der Waals surface area contributed by atoms with Crippen LogP contribution in [0.3, 0.4) is 0 Å². The molecule has 2 aromatic rings. The van der Waals surface area contributed by atoms with Gasteiger partial charge >= 0.3 is 0 Å². The quantitative estimate of drug-likeness (QED) is 0.768. The summed E-state index contributed by atoms with van der Waals surface area (Å²) < 4.78 is 26.6. The minimum Gasteiger partial charge on any atom is -0.378 e. The molecule has 19 heavy (non-hydrogen) atoms. The smallest absolute Gasteiger partial charge is 0.124 e. The molecule has 0 fully saturated rings. The summed E-state index contributed by atoms with van der Waals surface area (Å²) in [5, 5.41) is 3.55. The Hall–Kier alpha value is -1.13. The second-order valence-electron chi connectivity index (χ2n) is 4.16. The van der Waals surface area contributed by atoms with E-state index in [9.17, 15) is 8.78 Å². The van der Waals surface area contributed by atoms with Gasteiger partial charge in [0.15, 0.2) is 0 Å². The number of halogens is 4. The Kier molecular flexibility index (Phi) is 4.42. The summed E-state index contributed by atoms with van der Waals surface area (Å²) >= 11 is 9.29. The summed E-state index contributed by atoms with van der Waals surface area (Å²) in [6.07, 6.45) is 0. The topological polar surface area (TPSA) is 12.0 Å². The van der Waals surface area contributed by atoms with Crippen molar-refractivity contribution >= 4 is 33.2 Å². The summed E-state index contributed by atoms with van der Waals surface area (Å²) in [5.41, 5.74) is 1.52. The molecule has 0 aliphatic heterocycles. The third kappa shape index (κ3) is 3.45. The van der Waals surface area contributed by atoms with Crippen molar-refractivity contribution in [1.82, 2.24) is 0 Å². The highest BCUT2D eigenvalue weighted by Gasteiger charge is 2.12. The molecular weight excluding hydrogens is 336 g/mol. The Labute approximate surface area is 123 Å². The van der Waals surface area contributed by atoms with Gasteiger partial charge in [0.2, 0.25) is 0 Å². The Morgan fingerprint density at radius 1 is 1.11 bits per heavy atom. The van der Waals surface area contributed by atoms with Crippen LogP contribution in [0.1, 0.15) is 18.5 Å². The van der Waals surface area contributed by atoms with Gasteiger partial charge in [0.25, 0.3) is 0 Å². The van der Waals surface area contributed by atoms with E-state index < -0.39 is 0 Å². The van der Waals surface area contributed by atoms with Crippen LogP contribution in [0.25, 0.3) is 0 Å². The first-order valence-corrected chi connectivity index (χ1v) is 6.81. The van der Waals surface area contributed by atoms with E-state index in [1.165, 1.54) is 24.3 Å². The fourth-order valence-corrected chi connectivity index (χ4v) is 2.57. The molecule has 0 spiro atoms. The average Bonchev–Trinajstić information content (AvgIpc) is 2.32. The molecule has 1 atom stereocenters. The minimum atomic E-state index is -0.371. The van der Waals surface area contributed by atoms with Gasteiger partial charge in [-0.25, -0.2) is 8.78 Å². The largest absolute Gasteiger partial charge is 0.378 e. The van der Waals surface area contributed by atoms with E-state index in [1.54, 1.807) is 12.1 Å². The molecule has 5 heteroatoms. The SMILES string of the molecule is CC(Nc1ccc(F)cc1Br)c1ccc(F)cc1Cl. The number of hydrogen-bond donors (Lipinski definition) is 1. The minimum absolute atomic E-state index is 0.130. The molecule has 0 saturated carbocycles. The normalized spacial score (nSPS) is 12.3. The summed E-state index contributed by atoms with van der Waals surface area (Å²) in [4.78, 5) is 0. The van der Waals surface area contributed by atoms with Gasteiger partial charge in [0.1, 0.15) is 11.6 Å². The van der Waals surface area contributed by atoms with E-state index in [2.05, 4.69) is 21.2 Å². The van der Waals surface area contributed by atoms with Crippen molar-refractivity contribution in [1.29, 1.82) is 0 Å². The highest BCUT2D eigenvalue weighted by molar-refractivity contribution is 9.10. The van der Waals surface area contributed by atoms with Crippen LogP contribution in [0.2, 0.25) is 5.02 Å². The Bertz CT molecular complexity index is 604. The highest BCUT2D eigenvalue weighted by atomic mass is 79.9. The lowest BCUT2D eigenvalue weighted by molar-refractivity contribution is 0.625. The third-order valence-corrected chi connectivity index (χ3v) is 3.72. The fraction of sp³-hybridized carbons (Fsp3) is 0.143. The van der Waals surface area contributed by atoms with Crippen LogP contribution < -0.4 is 5.32 Å². The molecular formula is C14H11BrClF2N. The van der Waals surface area contributed by atoms with Crippen LogP contribution in [0, 0.1) is 11.6 Å². The van der Waals surface area contributed by atoms with Crippen LogP contribution in [0.15, 0.2) is 40.9 Å². The van der Waals surface area contributed by atoms with E-state index >= 15 is 0 Å². The van der Waals surface area contributed by atoms with Gasteiger partial charge in [0, 0.05) is 15.2 Å². The number of anilines is 1. The van der Waals surface area contributed by atoms with Crippen molar-refractivity contribution < 1.29 is 8.78 Å². The lowest BCUT2D eigenvalue weighted by Gasteiger charge is -2.18. The standard InChI is InChI=1S/C14H11BrClF2N/c1-8(11-4-2-10(18)7-13(11)16)19-14-5-3-9(17)6-12(14)15/h2-8,19H,1H3. The molecule has 2 rings (SSSR count). The highest BCUT2D eigenvalue weighted by Crippen LogP contribution is 2.30. The van der Waals surface area contributed by atoms with Gasteiger partial charge < -0.3 is 5.32 Å². The second kappa shape index (κ2) is 5.88. The first-order chi connectivity index (χ1) is 8.97. The van der Waals surface area contributed by atoms with Gasteiger partial charge in [-0.15, -0.1) is 0 Å². The van der Waals surface area contributed by atoms with Gasteiger partial charge in [0.05, 0.1) is 6.04 Å². The summed E-state index contributed by atoms with van der Waals surface area (Å²) in [6.45, 7) is 1.90. The molecule has 0 bridgehead atoms. The second-order valence-corrected chi connectivity index (χ2v) is 5.42. The maximum absolute atomic E-state index is 13.0. The van der Waals surface area contributed by atoms with Gasteiger partial charge in [-0.2, -0.15) is 0 Å². The fourth-order valence-electron chi connectivity index (χ4n) is 1.77. The number of rotatable bonds is 3. The molecule has 1 nitrogen and oxygen atoms in total. The van der Waals surface area contributed by atoms with E-state index in [0.717, 1.165) is 11.3 Å². The number of hydrogen-bond acceptors (Lipinski definition) is 1. The van der Waals surface area contributed by atoms with E-state index in [1.807, 2.05) is 6.92 Å². The lowest BCUT2D eigenvalue weighted by atomic mass is 10.1. The van der Waals surface area contributed by atoms with Crippen molar-refractivity contribution in [2.75, 3.05) is 5.32 Å². The molecule has 1 unspecified atom stereocenters. The predicted molar refractivity (Wildman–Crippen MR) is 77.5 cm³/mol. The van der Waals surface area contributed by atoms with Crippen LogP contribution in [0.5, 0.6) is 0 Å². The monoisotopic (exact) mass is 345 g/mol. The summed E-state index contributed by atoms with van der Waals surface area (Å²) in [5.74, 6) is -0.686. The van der Waals surface area contributed by atoms with Crippen molar-refractivity contribution in [3.63, 3.8) is 0 Å². The van der Waals surface area contributed by atoms with Crippen LogP contribution in [0.4, 0.5) is 14.5 Å². The van der Waals surface area contributed by atoms with Crippen LogP contribution >= 0.6 is 27.5 Å². The third-order valence-electron chi connectivity index (χ3n) is 2.73. The zero-order valence-corrected chi connectivity index (χ0v) is 12.4. The Morgan fingerprint density at radius 2 is 1.74 bits per heavy atom. The van der Waals surface area contributed by atoms with Gasteiger partial charge in [-0.3, -0.25) is 0 Å². The first kappa shape index (κ1) is 14.3. The molecule has 0 heterocycles. The van der Waals surface area contributed by atoms with Gasteiger partial charge in [-0.05, 0) is 58.7 Å². The average molecular weight is 347 g/mol. The maximum atomic E-state index is 13.0. The van der Waals surface area contributed by atoms with Crippen molar-refractivity contribution in [2.24, 2.45) is 0 Å². The van der Waals surface area contributed by atoms with E-state index in [0.29, 0.717) is 9.50 Å². The molecule has 100 valence electrons. The van der Waals surface area contributed by atoms with Crippen molar-refractivity contribution in [3.8, 4) is 0 Å².